The molecule has 0 aliphatic heterocycles. The van der Waals surface area contributed by atoms with Crippen molar-refractivity contribution in [3.63, 3.8) is 0 Å². The molecular weight excluding hydrogens is 352 g/mol. The number of benzene rings is 1. The van der Waals surface area contributed by atoms with Crippen molar-refractivity contribution in [3.05, 3.63) is 42.4 Å². The molecule has 28 heavy (non-hydrogen) atoms. The predicted molar refractivity (Wildman–Crippen MR) is 113 cm³/mol. The van der Waals surface area contributed by atoms with Crippen molar-refractivity contribution in [1.29, 1.82) is 0 Å². The quantitative estimate of drug-likeness (QED) is 0.464. The number of aldehydes is 1. The summed E-state index contributed by atoms with van der Waals surface area (Å²) < 4.78 is 1.79. The number of aromatic amines is 1. The highest BCUT2D eigenvalue weighted by molar-refractivity contribution is 6.16. The molecular formula is C21H24N6O. The lowest BCUT2D eigenvalue weighted by molar-refractivity contribution is 0.112. The minimum absolute atomic E-state index is 0.580. The summed E-state index contributed by atoms with van der Waals surface area (Å²) >= 11 is 0. The number of pyridine rings is 1. The van der Waals surface area contributed by atoms with Crippen LogP contribution < -0.4 is 11.1 Å². The van der Waals surface area contributed by atoms with E-state index < -0.39 is 0 Å². The SMILES string of the molecule is CN.Cn1cc(-c2ccc3c(c2)[nH]c2c(C=O)cnc(NCC4CC4)c23)cn1. The van der Waals surface area contributed by atoms with E-state index in [0.717, 1.165) is 57.5 Å². The highest BCUT2D eigenvalue weighted by Crippen LogP contribution is 2.35. The van der Waals surface area contributed by atoms with Crippen molar-refractivity contribution in [2.75, 3.05) is 18.9 Å². The molecule has 0 amide bonds. The van der Waals surface area contributed by atoms with E-state index in [1.807, 2.05) is 19.4 Å². The van der Waals surface area contributed by atoms with Crippen molar-refractivity contribution in [3.8, 4) is 11.1 Å². The number of H-pyrrole nitrogens is 1. The third-order valence-corrected chi connectivity index (χ3v) is 5.08. The zero-order valence-corrected chi connectivity index (χ0v) is 16.1. The van der Waals surface area contributed by atoms with Crippen LogP contribution in [-0.4, -0.2) is 39.6 Å². The Balaban J connectivity index is 0.000000932. The van der Waals surface area contributed by atoms with Gasteiger partial charge in [0, 0.05) is 42.5 Å². The first-order valence-electron chi connectivity index (χ1n) is 9.43. The van der Waals surface area contributed by atoms with Gasteiger partial charge in [-0.2, -0.15) is 5.10 Å². The fourth-order valence-electron chi connectivity index (χ4n) is 3.46. The Hall–Kier alpha value is -3.19. The summed E-state index contributed by atoms with van der Waals surface area (Å²) in [6.45, 7) is 0.934. The summed E-state index contributed by atoms with van der Waals surface area (Å²) in [4.78, 5) is 19.4. The molecule has 1 saturated carbocycles. The molecule has 1 aromatic carbocycles. The van der Waals surface area contributed by atoms with Gasteiger partial charge in [-0.05, 0) is 37.4 Å². The average molecular weight is 376 g/mol. The van der Waals surface area contributed by atoms with Crippen molar-refractivity contribution in [1.82, 2.24) is 19.7 Å². The number of aryl methyl sites for hydroxylation is 1. The van der Waals surface area contributed by atoms with Crippen molar-refractivity contribution in [2.45, 2.75) is 12.8 Å². The Morgan fingerprint density at radius 1 is 1.29 bits per heavy atom. The highest BCUT2D eigenvalue weighted by atomic mass is 16.1. The van der Waals surface area contributed by atoms with E-state index in [1.54, 1.807) is 10.9 Å². The molecule has 0 bridgehead atoms. The standard InChI is InChI=1S/C20H19N5O.CH5N/c1-25-10-14(9-23-25)13-4-5-16-17(6-13)24-19-15(11-26)8-22-20(18(16)19)21-7-12-2-3-12;1-2/h4-6,8-12,24H,2-3,7H2,1H3,(H,21,22);2H2,1H3. The van der Waals surface area contributed by atoms with Crippen LogP contribution in [0.5, 0.6) is 0 Å². The number of carbonyl (C=O) groups excluding carboxylic acids is 1. The van der Waals surface area contributed by atoms with Crippen LogP contribution in [0, 0.1) is 5.92 Å². The molecule has 7 nitrogen and oxygen atoms in total. The third-order valence-electron chi connectivity index (χ3n) is 5.08. The molecule has 0 unspecified atom stereocenters. The van der Waals surface area contributed by atoms with Crippen LogP contribution in [0.25, 0.3) is 32.9 Å². The molecule has 5 rings (SSSR count). The molecule has 1 fully saturated rings. The number of aromatic nitrogens is 4. The van der Waals surface area contributed by atoms with E-state index in [1.165, 1.54) is 19.9 Å². The summed E-state index contributed by atoms with van der Waals surface area (Å²) in [6, 6.07) is 6.28. The summed E-state index contributed by atoms with van der Waals surface area (Å²) in [5.74, 6) is 1.60. The fourth-order valence-corrected chi connectivity index (χ4v) is 3.46. The summed E-state index contributed by atoms with van der Waals surface area (Å²) in [7, 11) is 3.41. The molecule has 0 saturated heterocycles. The number of nitrogens with two attached hydrogens (primary N) is 1. The lowest BCUT2D eigenvalue weighted by atomic mass is 10.1. The first kappa shape index (κ1) is 18.2. The number of rotatable bonds is 5. The number of carbonyl (C=O) groups is 1. The molecule has 0 atom stereocenters. The maximum Gasteiger partial charge on any atom is 0.153 e. The summed E-state index contributed by atoms with van der Waals surface area (Å²) in [5.41, 5.74) is 9.06. The van der Waals surface area contributed by atoms with Crippen LogP contribution in [0.1, 0.15) is 23.2 Å². The molecule has 1 aliphatic rings. The van der Waals surface area contributed by atoms with Gasteiger partial charge >= 0.3 is 0 Å². The minimum Gasteiger partial charge on any atom is -0.369 e. The maximum absolute atomic E-state index is 11.5. The Morgan fingerprint density at radius 2 is 2.11 bits per heavy atom. The van der Waals surface area contributed by atoms with Crippen LogP contribution in [0.15, 0.2) is 36.8 Å². The topological polar surface area (TPSA) is 102 Å². The molecule has 0 radical (unpaired) electrons. The van der Waals surface area contributed by atoms with Gasteiger partial charge in [-0.3, -0.25) is 9.48 Å². The Morgan fingerprint density at radius 3 is 2.79 bits per heavy atom. The van der Waals surface area contributed by atoms with E-state index in [-0.39, 0.29) is 0 Å². The molecule has 144 valence electrons. The van der Waals surface area contributed by atoms with Gasteiger partial charge in [-0.15, -0.1) is 0 Å². The lowest BCUT2D eigenvalue weighted by Crippen LogP contribution is -2.05. The monoisotopic (exact) mass is 376 g/mol. The van der Waals surface area contributed by atoms with Gasteiger partial charge in [0.1, 0.15) is 5.82 Å². The fraction of sp³-hybridized carbons (Fsp3) is 0.286. The van der Waals surface area contributed by atoms with E-state index in [2.05, 4.69) is 44.3 Å². The minimum atomic E-state index is 0.580. The zero-order chi connectivity index (χ0) is 19.7. The molecule has 4 N–H and O–H groups in total. The highest BCUT2D eigenvalue weighted by Gasteiger charge is 2.22. The van der Waals surface area contributed by atoms with Crippen LogP contribution in [0.3, 0.4) is 0 Å². The number of hydrogen-bond acceptors (Lipinski definition) is 5. The average Bonchev–Trinajstić information content (AvgIpc) is 3.33. The van der Waals surface area contributed by atoms with E-state index >= 15 is 0 Å². The Labute approximate surface area is 162 Å². The van der Waals surface area contributed by atoms with Crippen molar-refractivity contribution < 1.29 is 4.79 Å². The van der Waals surface area contributed by atoms with Gasteiger partial charge in [-0.25, -0.2) is 4.98 Å². The smallest absolute Gasteiger partial charge is 0.153 e. The number of nitrogens with zero attached hydrogens (tertiary/aromatic N) is 3. The van der Waals surface area contributed by atoms with Gasteiger partial charge in [0.25, 0.3) is 0 Å². The van der Waals surface area contributed by atoms with Gasteiger partial charge in [0.05, 0.1) is 22.7 Å². The second-order valence-electron chi connectivity index (χ2n) is 7.04. The van der Waals surface area contributed by atoms with Gasteiger partial charge in [0.15, 0.2) is 6.29 Å². The largest absolute Gasteiger partial charge is 0.369 e. The van der Waals surface area contributed by atoms with Crippen LogP contribution in [-0.2, 0) is 7.05 Å². The number of nitrogens with one attached hydrogen (secondary N) is 2. The van der Waals surface area contributed by atoms with Gasteiger partial charge in [0.2, 0.25) is 0 Å². The van der Waals surface area contributed by atoms with E-state index in [0.29, 0.717) is 5.56 Å². The van der Waals surface area contributed by atoms with Gasteiger partial charge < -0.3 is 16.0 Å². The molecule has 0 spiro atoms. The lowest BCUT2D eigenvalue weighted by Gasteiger charge is -2.07. The maximum atomic E-state index is 11.5. The second-order valence-corrected chi connectivity index (χ2v) is 7.04. The second kappa shape index (κ2) is 7.44. The Kier molecular flexibility index (Phi) is 4.83. The molecule has 4 aromatic rings. The zero-order valence-electron chi connectivity index (χ0n) is 16.1. The number of fused-ring (bicyclic) bond motifs is 3. The van der Waals surface area contributed by atoms with Gasteiger partial charge in [-0.1, -0.05) is 12.1 Å². The molecule has 1 aliphatic carbocycles. The van der Waals surface area contributed by atoms with E-state index in [4.69, 9.17) is 0 Å². The van der Waals surface area contributed by atoms with Crippen LogP contribution in [0.4, 0.5) is 5.82 Å². The van der Waals surface area contributed by atoms with Crippen LogP contribution >= 0.6 is 0 Å². The predicted octanol–water partition coefficient (Wildman–Crippen LogP) is 3.33. The number of anilines is 1. The third kappa shape index (κ3) is 3.25. The normalized spacial score (nSPS) is 13.4. The van der Waals surface area contributed by atoms with Crippen LogP contribution in [0.2, 0.25) is 0 Å². The van der Waals surface area contributed by atoms with Crippen molar-refractivity contribution >= 4 is 33.9 Å². The molecule has 3 aromatic heterocycles. The number of hydrogen-bond donors (Lipinski definition) is 3. The summed E-state index contributed by atoms with van der Waals surface area (Å²) in [5, 5.41) is 9.77. The molecule has 3 heterocycles. The Bertz CT molecular complexity index is 1140. The molecule has 7 heteroatoms. The first-order valence-corrected chi connectivity index (χ1v) is 9.43. The summed E-state index contributed by atoms with van der Waals surface area (Å²) in [6.07, 6.45) is 8.91. The van der Waals surface area contributed by atoms with Crippen molar-refractivity contribution in [2.24, 2.45) is 18.7 Å². The van der Waals surface area contributed by atoms with E-state index in [9.17, 15) is 4.79 Å². The first-order chi connectivity index (χ1) is 13.7.